The van der Waals surface area contributed by atoms with Gasteiger partial charge in [-0.25, -0.2) is 9.18 Å². The minimum atomic E-state index is -3.01. The van der Waals surface area contributed by atoms with E-state index in [0.29, 0.717) is 11.3 Å². The molecule has 0 aromatic heterocycles. The van der Waals surface area contributed by atoms with Crippen molar-refractivity contribution >= 4 is 29.5 Å². The topological polar surface area (TPSA) is 103 Å². The van der Waals surface area contributed by atoms with Crippen molar-refractivity contribution in [3.8, 4) is 11.5 Å². The highest BCUT2D eigenvalue weighted by Gasteiger charge is 2.11. The van der Waals surface area contributed by atoms with Gasteiger partial charge in [-0.1, -0.05) is 6.07 Å². The molecule has 32 heavy (non-hydrogen) atoms. The molecule has 2 rings (SSSR count). The van der Waals surface area contributed by atoms with E-state index in [2.05, 4.69) is 15.4 Å². The Hall–Kier alpha value is -4.02. The van der Waals surface area contributed by atoms with E-state index in [0.717, 1.165) is 6.08 Å². The van der Waals surface area contributed by atoms with Crippen molar-refractivity contribution in [3.05, 3.63) is 59.9 Å². The summed E-state index contributed by atoms with van der Waals surface area (Å²) in [6.45, 7) is -4.02. The second kappa shape index (κ2) is 12.0. The van der Waals surface area contributed by atoms with E-state index in [1.54, 1.807) is 0 Å². The molecule has 0 unspecified atom stereocenters. The van der Waals surface area contributed by atoms with Gasteiger partial charge in [-0.15, -0.1) is 0 Å². The van der Waals surface area contributed by atoms with Crippen molar-refractivity contribution in [3.63, 3.8) is 0 Å². The van der Waals surface area contributed by atoms with Gasteiger partial charge in [0.25, 0.3) is 5.91 Å². The molecule has 11 heteroatoms. The van der Waals surface area contributed by atoms with E-state index in [1.807, 2.05) is 0 Å². The van der Waals surface area contributed by atoms with Crippen LogP contribution in [-0.2, 0) is 19.1 Å². The van der Waals surface area contributed by atoms with E-state index < -0.39 is 36.8 Å². The van der Waals surface area contributed by atoms with Crippen LogP contribution in [0, 0.1) is 5.82 Å². The summed E-state index contributed by atoms with van der Waals surface area (Å²) in [6, 6.07) is 9.09. The third-order valence-corrected chi connectivity index (χ3v) is 3.74. The lowest BCUT2D eigenvalue weighted by atomic mass is 10.2. The van der Waals surface area contributed by atoms with Crippen molar-refractivity contribution in [1.82, 2.24) is 5.32 Å². The quantitative estimate of drug-likeness (QED) is 0.425. The van der Waals surface area contributed by atoms with Crippen molar-refractivity contribution < 1.29 is 41.8 Å². The molecule has 2 aromatic rings. The summed E-state index contributed by atoms with van der Waals surface area (Å²) >= 11 is 0. The van der Waals surface area contributed by atoms with E-state index in [4.69, 9.17) is 9.47 Å². The zero-order valence-electron chi connectivity index (χ0n) is 16.8. The van der Waals surface area contributed by atoms with E-state index >= 15 is 0 Å². The Morgan fingerprint density at radius 1 is 1.03 bits per heavy atom. The van der Waals surface area contributed by atoms with Gasteiger partial charge in [0.1, 0.15) is 5.82 Å². The van der Waals surface area contributed by atoms with Gasteiger partial charge in [-0.05, 0) is 48.0 Å². The normalized spacial score (nSPS) is 10.7. The molecule has 0 heterocycles. The third kappa shape index (κ3) is 8.38. The van der Waals surface area contributed by atoms with Crippen LogP contribution >= 0.6 is 0 Å². The van der Waals surface area contributed by atoms with Crippen molar-refractivity contribution in [2.75, 3.05) is 25.6 Å². The Morgan fingerprint density at radius 3 is 2.41 bits per heavy atom. The lowest BCUT2D eigenvalue weighted by Crippen LogP contribution is -2.35. The number of methoxy groups -OCH3 is 1. The summed E-state index contributed by atoms with van der Waals surface area (Å²) in [5, 5.41) is 4.71. The molecule has 0 saturated carbocycles. The molecular formula is C21H19F3N2O6. The van der Waals surface area contributed by atoms with Crippen LogP contribution in [0.1, 0.15) is 5.56 Å². The number of esters is 1. The minimum absolute atomic E-state index is 0.0408. The maximum atomic E-state index is 12.8. The number of hydrogen-bond acceptors (Lipinski definition) is 6. The summed E-state index contributed by atoms with van der Waals surface area (Å²) in [5.41, 5.74) is 0.787. The van der Waals surface area contributed by atoms with Gasteiger partial charge in [0.2, 0.25) is 5.91 Å². The zero-order valence-corrected chi connectivity index (χ0v) is 16.8. The van der Waals surface area contributed by atoms with Crippen molar-refractivity contribution in [2.24, 2.45) is 0 Å². The lowest BCUT2D eigenvalue weighted by molar-refractivity contribution is -0.143. The highest BCUT2D eigenvalue weighted by atomic mass is 19.3. The Balaban J connectivity index is 1.76. The Bertz CT molecular complexity index is 980. The number of alkyl halides is 2. The monoisotopic (exact) mass is 452 g/mol. The molecule has 2 N–H and O–H groups in total. The van der Waals surface area contributed by atoms with Crippen LogP contribution in [0.2, 0.25) is 0 Å². The number of nitrogens with one attached hydrogen (secondary N) is 2. The molecular weight excluding hydrogens is 433 g/mol. The predicted octanol–water partition coefficient (Wildman–Crippen LogP) is 2.75. The average molecular weight is 452 g/mol. The third-order valence-electron chi connectivity index (χ3n) is 3.74. The van der Waals surface area contributed by atoms with Gasteiger partial charge in [-0.2, -0.15) is 8.78 Å². The number of carbonyl (C=O) groups is 3. The Morgan fingerprint density at radius 2 is 1.75 bits per heavy atom. The summed E-state index contributed by atoms with van der Waals surface area (Å²) in [7, 11) is 1.27. The minimum Gasteiger partial charge on any atom is -0.493 e. The van der Waals surface area contributed by atoms with Gasteiger partial charge < -0.3 is 24.8 Å². The van der Waals surface area contributed by atoms with Crippen LogP contribution in [0.4, 0.5) is 18.9 Å². The highest BCUT2D eigenvalue weighted by Crippen LogP contribution is 2.29. The average Bonchev–Trinajstić information content (AvgIpc) is 2.76. The molecule has 2 amide bonds. The number of benzene rings is 2. The number of rotatable bonds is 10. The van der Waals surface area contributed by atoms with Crippen LogP contribution in [0.15, 0.2) is 48.5 Å². The summed E-state index contributed by atoms with van der Waals surface area (Å²) in [6.07, 6.45) is 2.35. The molecule has 0 bridgehead atoms. The summed E-state index contributed by atoms with van der Waals surface area (Å²) < 4.78 is 51.5. The molecule has 170 valence electrons. The SMILES string of the molecule is COc1cc(/C=C/C(=O)OCC(=O)NCC(=O)Nc2ccc(F)cc2)ccc1OC(F)F. The largest absolute Gasteiger partial charge is 0.493 e. The van der Waals surface area contributed by atoms with Gasteiger partial charge in [0.05, 0.1) is 13.7 Å². The van der Waals surface area contributed by atoms with Gasteiger partial charge in [-0.3, -0.25) is 9.59 Å². The standard InChI is InChI=1S/C21H19F3N2O6/c1-30-17-10-13(2-8-16(17)32-21(23)24)3-9-20(29)31-12-19(28)25-11-18(27)26-15-6-4-14(22)5-7-15/h2-10,21H,11-12H2,1H3,(H,25,28)(H,26,27)/b9-3+. The first-order chi connectivity index (χ1) is 15.3. The number of hydrogen-bond donors (Lipinski definition) is 2. The van der Waals surface area contributed by atoms with Crippen LogP contribution in [0.3, 0.4) is 0 Å². The molecule has 0 aliphatic carbocycles. The number of ether oxygens (including phenoxy) is 3. The van der Waals surface area contributed by atoms with E-state index in [-0.39, 0.29) is 18.0 Å². The predicted molar refractivity (Wildman–Crippen MR) is 108 cm³/mol. The molecule has 0 spiro atoms. The van der Waals surface area contributed by atoms with Crippen molar-refractivity contribution in [2.45, 2.75) is 6.61 Å². The van der Waals surface area contributed by atoms with Crippen LogP contribution in [0.25, 0.3) is 6.08 Å². The molecule has 0 fully saturated rings. The Labute approximate surface area is 181 Å². The summed E-state index contributed by atoms with van der Waals surface area (Å²) in [4.78, 5) is 35.2. The highest BCUT2D eigenvalue weighted by molar-refractivity contribution is 5.95. The van der Waals surface area contributed by atoms with Crippen LogP contribution < -0.4 is 20.1 Å². The molecule has 0 aliphatic rings. The molecule has 8 nitrogen and oxygen atoms in total. The lowest BCUT2D eigenvalue weighted by Gasteiger charge is -2.10. The molecule has 2 aromatic carbocycles. The zero-order chi connectivity index (χ0) is 23.5. The van der Waals surface area contributed by atoms with Gasteiger partial charge >= 0.3 is 12.6 Å². The summed E-state index contributed by atoms with van der Waals surface area (Å²) in [5.74, 6) is -2.69. The fourth-order valence-electron chi connectivity index (χ4n) is 2.30. The van der Waals surface area contributed by atoms with E-state index in [9.17, 15) is 27.6 Å². The Kier molecular flexibility index (Phi) is 9.08. The van der Waals surface area contributed by atoms with Gasteiger partial charge in [0, 0.05) is 11.8 Å². The first kappa shape index (κ1) is 24.3. The maximum absolute atomic E-state index is 12.8. The fraction of sp³-hybridized carbons (Fsp3) is 0.190. The van der Waals surface area contributed by atoms with Crippen LogP contribution in [-0.4, -0.2) is 44.7 Å². The maximum Gasteiger partial charge on any atom is 0.387 e. The molecule has 0 radical (unpaired) electrons. The second-order valence-corrected chi connectivity index (χ2v) is 6.06. The second-order valence-electron chi connectivity index (χ2n) is 6.06. The smallest absolute Gasteiger partial charge is 0.387 e. The number of anilines is 1. The molecule has 0 aliphatic heterocycles. The first-order valence-electron chi connectivity index (χ1n) is 9.06. The first-order valence-corrected chi connectivity index (χ1v) is 9.06. The number of carbonyl (C=O) groups excluding carboxylic acids is 3. The van der Waals surface area contributed by atoms with E-state index in [1.165, 1.54) is 55.7 Å². The van der Waals surface area contributed by atoms with Crippen molar-refractivity contribution in [1.29, 1.82) is 0 Å². The van der Waals surface area contributed by atoms with Gasteiger partial charge in [0.15, 0.2) is 18.1 Å². The fourth-order valence-corrected chi connectivity index (χ4v) is 2.30. The molecule has 0 saturated heterocycles. The number of halogens is 3. The number of amides is 2. The molecule has 0 atom stereocenters. The van der Waals surface area contributed by atoms with Crippen LogP contribution in [0.5, 0.6) is 11.5 Å².